The Balaban J connectivity index is 1.55. The number of pyridine rings is 1. The molecule has 0 amide bonds. The minimum absolute atomic E-state index is 0.223. The van der Waals surface area contributed by atoms with E-state index < -0.39 is 0 Å². The van der Waals surface area contributed by atoms with Crippen molar-refractivity contribution in [1.82, 2.24) is 15.2 Å². The molecule has 5 rings (SSSR count). The number of hydrogen-bond acceptors (Lipinski definition) is 7. The van der Waals surface area contributed by atoms with Gasteiger partial charge < -0.3 is 19.9 Å². The van der Waals surface area contributed by atoms with Crippen LogP contribution in [-0.2, 0) is 11.2 Å². The number of aromatic hydroxyl groups is 1. The average molecular weight is 364 g/mol. The SMILES string of the molecule is Oc1c(-c2nnc(NC[C@@H]3CCOC3)c3cnccc23)ccc2c1CCO2. The van der Waals surface area contributed by atoms with Crippen LogP contribution in [0.15, 0.2) is 30.6 Å². The van der Waals surface area contributed by atoms with Crippen molar-refractivity contribution < 1.29 is 14.6 Å². The molecule has 2 aliphatic heterocycles. The lowest BCUT2D eigenvalue weighted by Gasteiger charge is -2.14. The van der Waals surface area contributed by atoms with E-state index in [-0.39, 0.29) is 5.75 Å². The Morgan fingerprint density at radius 3 is 3.00 bits per heavy atom. The molecule has 0 spiro atoms. The van der Waals surface area contributed by atoms with Crippen molar-refractivity contribution in [2.75, 3.05) is 31.7 Å². The fraction of sp³-hybridized carbons (Fsp3) is 0.350. The largest absolute Gasteiger partial charge is 0.507 e. The lowest BCUT2D eigenvalue weighted by atomic mass is 10.0. The predicted octanol–water partition coefficient (Wildman–Crippen LogP) is 2.78. The average Bonchev–Trinajstić information content (AvgIpc) is 3.39. The molecule has 7 heteroatoms. The first kappa shape index (κ1) is 16.3. The summed E-state index contributed by atoms with van der Waals surface area (Å²) in [6.45, 7) is 2.98. The predicted molar refractivity (Wildman–Crippen MR) is 101 cm³/mol. The molecule has 1 atom stereocenters. The molecule has 27 heavy (non-hydrogen) atoms. The Morgan fingerprint density at radius 2 is 2.11 bits per heavy atom. The van der Waals surface area contributed by atoms with Crippen LogP contribution in [0.4, 0.5) is 5.82 Å². The number of phenols is 1. The Morgan fingerprint density at radius 1 is 1.15 bits per heavy atom. The van der Waals surface area contributed by atoms with Gasteiger partial charge in [-0.15, -0.1) is 10.2 Å². The Labute approximate surface area is 156 Å². The van der Waals surface area contributed by atoms with Crippen molar-refractivity contribution in [2.24, 2.45) is 5.92 Å². The second-order valence-corrected chi connectivity index (χ2v) is 6.97. The number of ether oxygens (including phenoxy) is 2. The van der Waals surface area contributed by atoms with E-state index in [1.54, 1.807) is 12.4 Å². The molecule has 0 aliphatic carbocycles. The maximum absolute atomic E-state index is 10.7. The van der Waals surface area contributed by atoms with Crippen LogP contribution in [-0.4, -0.2) is 46.7 Å². The highest BCUT2D eigenvalue weighted by Crippen LogP contribution is 2.41. The number of hydrogen-bond donors (Lipinski definition) is 2. The van der Waals surface area contributed by atoms with E-state index in [1.807, 2.05) is 18.2 Å². The number of benzene rings is 1. The number of fused-ring (bicyclic) bond motifs is 2. The van der Waals surface area contributed by atoms with E-state index in [4.69, 9.17) is 9.47 Å². The van der Waals surface area contributed by atoms with Crippen LogP contribution >= 0.6 is 0 Å². The second kappa shape index (κ2) is 6.66. The summed E-state index contributed by atoms with van der Waals surface area (Å²) in [6, 6.07) is 5.64. The van der Waals surface area contributed by atoms with E-state index in [0.717, 1.165) is 48.3 Å². The summed E-state index contributed by atoms with van der Waals surface area (Å²) in [5.41, 5.74) is 2.15. The van der Waals surface area contributed by atoms with Gasteiger partial charge in [0.15, 0.2) is 5.82 Å². The lowest BCUT2D eigenvalue weighted by Crippen LogP contribution is -2.15. The van der Waals surface area contributed by atoms with Gasteiger partial charge >= 0.3 is 0 Å². The zero-order valence-electron chi connectivity index (χ0n) is 14.8. The zero-order valence-corrected chi connectivity index (χ0v) is 14.8. The van der Waals surface area contributed by atoms with Gasteiger partial charge in [0.1, 0.15) is 17.2 Å². The summed E-state index contributed by atoms with van der Waals surface area (Å²) in [4.78, 5) is 4.25. The van der Waals surface area contributed by atoms with Gasteiger partial charge in [-0.3, -0.25) is 4.98 Å². The third-order valence-electron chi connectivity index (χ3n) is 5.27. The number of nitrogens with one attached hydrogen (secondary N) is 1. The fourth-order valence-corrected chi connectivity index (χ4v) is 3.76. The smallest absolute Gasteiger partial charge is 0.158 e. The van der Waals surface area contributed by atoms with E-state index >= 15 is 0 Å². The van der Waals surface area contributed by atoms with Gasteiger partial charge in [0.2, 0.25) is 0 Å². The molecule has 0 radical (unpaired) electrons. The maximum atomic E-state index is 10.7. The highest BCUT2D eigenvalue weighted by molar-refractivity contribution is 6.00. The van der Waals surface area contributed by atoms with Gasteiger partial charge in [0, 0.05) is 59.8 Å². The number of phenolic OH excluding ortho intramolecular Hbond substituents is 1. The van der Waals surface area contributed by atoms with Crippen molar-refractivity contribution in [1.29, 1.82) is 0 Å². The van der Waals surface area contributed by atoms with Gasteiger partial charge in [-0.2, -0.15) is 0 Å². The normalized spacial score (nSPS) is 18.4. The van der Waals surface area contributed by atoms with Crippen LogP contribution < -0.4 is 10.1 Å². The van der Waals surface area contributed by atoms with E-state index in [9.17, 15) is 5.11 Å². The maximum Gasteiger partial charge on any atom is 0.158 e. The van der Waals surface area contributed by atoms with Gasteiger partial charge in [0.25, 0.3) is 0 Å². The minimum atomic E-state index is 0.223. The van der Waals surface area contributed by atoms with Gasteiger partial charge in [-0.1, -0.05) is 0 Å². The number of rotatable bonds is 4. The quantitative estimate of drug-likeness (QED) is 0.736. The van der Waals surface area contributed by atoms with Crippen molar-refractivity contribution in [2.45, 2.75) is 12.8 Å². The van der Waals surface area contributed by atoms with Gasteiger partial charge in [0.05, 0.1) is 13.2 Å². The minimum Gasteiger partial charge on any atom is -0.507 e. The van der Waals surface area contributed by atoms with Crippen LogP contribution in [0.1, 0.15) is 12.0 Å². The van der Waals surface area contributed by atoms with E-state index in [0.29, 0.717) is 36.0 Å². The van der Waals surface area contributed by atoms with Crippen molar-refractivity contribution >= 4 is 16.6 Å². The number of aromatic nitrogens is 3. The highest BCUT2D eigenvalue weighted by atomic mass is 16.5. The Hall–Kier alpha value is -2.93. The van der Waals surface area contributed by atoms with Crippen LogP contribution in [0.2, 0.25) is 0 Å². The second-order valence-electron chi connectivity index (χ2n) is 6.97. The molecule has 1 saturated heterocycles. The first-order chi connectivity index (χ1) is 13.3. The van der Waals surface area contributed by atoms with Crippen LogP contribution in [0.5, 0.6) is 11.5 Å². The van der Waals surface area contributed by atoms with Crippen molar-refractivity contribution in [3.05, 3.63) is 36.2 Å². The van der Waals surface area contributed by atoms with Crippen molar-refractivity contribution in [3.63, 3.8) is 0 Å². The molecule has 138 valence electrons. The summed E-state index contributed by atoms with van der Waals surface area (Å²) in [5.74, 6) is 2.16. The molecule has 0 unspecified atom stereocenters. The molecular formula is C20H20N4O3. The first-order valence-corrected chi connectivity index (χ1v) is 9.21. The topological polar surface area (TPSA) is 89.4 Å². The van der Waals surface area contributed by atoms with Crippen LogP contribution in [0, 0.1) is 5.92 Å². The Kier molecular flexibility index (Phi) is 4.01. The van der Waals surface area contributed by atoms with E-state index in [1.165, 1.54) is 0 Å². The molecule has 3 aromatic rings. The summed E-state index contributed by atoms with van der Waals surface area (Å²) in [5, 5.41) is 24.8. The first-order valence-electron chi connectivity index (χ1n) is 9.21. The van der Waals surface area contributed by atoms with Gasteiger partial charge in [-0.25, -0.2) is 0 Å². The Bertz CT molecular complexity index is 1000. The summed E-state index contributed by atoms with van der Waals surface area (Å²) in [7, 11) is 0. The standard InChI is InChI=1S/C20H20N4O3/c25-19-14-5-8-27-17(14)2-1-15(19)18-13-3-6-21-10-16(13)20(24-23-18)22-9-12-4-7-26-11-12/h1-3,6,10,12,25H,4-5,7-9,11H2,(H,22,24)/t12-/m0/s1. The molecule has 1 aromatic carbocycles. The lowest BCUT2D eigenvalue weighted by molar-refractivity contribution is 0.187. The molecule has 2 aliphatic rings. The molecule has 4 heterocycles. The molecule has 2 N–H and O–H groups in total. The summed E-state index contributed by atoms with van der Waals surface area (Å²) >= 11 is 0. The number of anilines is 1. The molecule has 1 fully saturated rings. The molecule has 2 aromatic heterocycles. The monoisotopic (exact) mass is 364 g/mol. The fourth-order valence-electron chi connectivity index (χ4n) is 3.76. The number of nitrogens with zero attached hydrogens (tertiary/aromatic N) is 3. The molecule has 0 saturated carbocycles. The third-order valence-corrected chi connectivity index (χ3v) is 5.27. The summed E-state index contributed by atoms with van der Waals surface area (Å²) in [6.07, 6.45) is 5.27. The van der Waals surface area contributed by atoms with Crippen LogP contribution in [0.3, 0.4) is 0 Å². The van der Waals surface area contributed by atoms with E-state index in [2.05, 4.69) is 20.5 Å². The molecular weight excluding hydrogens is 344 g/mol. The molecule has 7 nitrogen and oxygen atoms in total. The van der Waals surface area contributed by atoms with Crippen molar-refractivity contribution in [3.8, 4) is 22.8 Å². The summed E-state index contributed by atoms with van der Waals surface area (Å²) < 4.78 is 11.0. The highest BCUT2D eigenvalue weighted by Gasteiger charge is 2.22. The molecule has 0 bridgehead atoms. The third kappa shape index (κ3) is 2.84. The zero-order chi connectivity index (χ0) is 18.2. The van der Waals surface area contributed by atoms with Gasteiger partial charge in [-0.05, 0) is 24.6 Å². The van der Waals surface area contributed by atoms with Crippen LogP contribution in [0.25, 0.3) is 22.0 Å².